The van der Waals surface area contributed by atoms with Crippen LogP contribution in [0.2, 0.25) is 0 Å². The van der Waals surface area contributed by atoms with Crippen LogP contribution in [0.4, 0.5) is 0 Å². The van der Waals surface area contributed by atoms with Crippen molar-refractivity contribution in [1.29, 1.82) is 0 Å². The minimum absolute atomic E-state index is 0.150. The first-order valence-electron chi connectivity index (χ1n) is 8.21. The zero-order valence-corrected chi connectivity index (χ0v) is 14.0. The van der Waals surface area contributed by atoms with E-state index in [0.29, 0.717) is 36.9 Å². The summed E-state index contributed by atoms with van der Waals surface area (Å²) in [5.41, 5.74) is 0.564. The van der Waals surface area contributed by atoms with Crippen molar-refractivity contribution in [2.75, 3.05) is 13.1 Å². The third kappa shape index (κ3) is 3.18. The average molecular weight is 349 g/mol. The Morgan fingerprint density at radius 2 is 2.12 bits per heavy atom. The maximum Gasteiger partial charge on any atom is 0.227 e. The molecular formula is C15H19N5O3S. The van der Waals surface area contributed by atoms with Gasteiger partial charge >= 0.3 is 0 Å². The molecule has 1 saturated heterocycles. The summed E-state index contributed by atoms with van der Waals surface area (Å²) in [4.78, 5) is 12.5. The lowest BCUT2D eigenvalue weighted by molar-refractivity contribution is 0.246. The molecule has 2 aromatic rings. The molecule has 1 atom stereocenters. The van der Waals surface area contributed by atoms with E-state index in [1.165, 1.54) is 0 Å². The maximum absolute atomic E-state index is 12.4. The first-order chi connectivity index (χ1) is 11.6. The van der Waals surface area contributed by atoms with Gasteiger partial charge in [0, 0.05) is 31.9 Å². The summed E-state index contributed by atoms with van der Waals surface area (Å²) in [6.45, 7) is 1.17. The van der Waals surface area contributed by atoms with E-state index in [-0.39, 0.29) is 11.2 Å². The predicted octanol–water partition coefficient (Wildman–Crippen LogP) is 1.27. The monoisotopic (exact) mass is 349 g/mol. The molecule has 4 rings (SSSR count). The molecule has 2 aliphatic rings. The van der Waals surface area contributed by atoms with Crippen molar-refractivity contribution in [3.63, 3.8) is 0 Å². The van der Waals surface area contributed by atoms with Crippen molar-refractivity contribution in [2.24, 2.45) is 5.92 Å². The molecule has 128 valence electrons. The third-order valence-corrected chi connectivity index (χ3v) is 6.88. The Hall–Kier alpha value is -1.87. The first kappa shape index (κ1) is 15.6. The van der Waals surface area contributed by atoms with Gasteiger partial charge in [-0.2, -0.15) is 4.98 Å². The number of nitrogens with zero attached hydrogens (tertiary/aromatic N) is 5. The Morgan fingerprint density at radius 1 is 1.25 bits per heavy atom. The highest BCUT2D eigenvalue weighted by Crippen LogP contribution is 2.33. The topological polar surface area (TPSA) is 102 Å². The van der Waals surface area contributed by atoms with Crippen LogP contribution in [0, 0.1) is 5.92 Å². The summed E-state index contributed by atoms with van der Waals surface area (Å²) in [6.07, 6.45) is 8.78. The van der Waals surface area contributed by atoms with Crippen LogP contribution >= 0.6 is 0 Å². The third-order valence-electron chi connectivity index (χ3n) is 4.51. The Balaban J connectivity index is 1.43. The summed E-state index contributed by atoms with van der Waals surface area (Å²) in [6, 6.07) is 0. The Bertz CT molecular complexity index is 804. The minimum atomic E-state index is -3.10. The van der Waals surface area contributed by atoms with E-state index in [2.05, 4.69) is 20.1 Å². The van der Waals surface area contributed by atoms with Crippen LogP contribution < -0.4 is 0 Å². The fraction of sp³-hybridized carbons (Fsp3) is 0.600. The smallest absolute Gasteiger partial charge is 0.227 e. The summed E-state index contributed by atoms with van der Waals surface area (Å²) in [5, 5.41) is 3.79. The molecule has 0 aromatic carbocycles. The van der Waals surface area contributed by atoms with E-state index in [1.807, 2.05) is 0 Å². The van der Waals surface area contributed by atoms with E-state index >= 15 is 0 Å². The molecule has 9 heteroatoms. The van der Waals surface area contributed by atoms with Crippen LogP contribution in [-0.2, 0) is 16.4 Å². The Kier molecular flexibility index (Phi) is 4.05. The fourth-order valence-corrected chi connectivity index (χ4v) is 5.06. The number of hydrogen-bond acceptors (Lipinski definition) is 7. The summed E-state index contributed by atoms with van der Waals surface area (Å²) in [7, 11) is -3.10. The van der Waals surface area contributed by atoms with Gasteiger partial charge in [-0.25, -0.2) is 17.7 Å². The van der Waals surface area contributed by atoms with E-state index in [9.17, 15) is 8.42 Å². The second kappa shape index (κ2) is 6.21. The number of hydrogen-bond donors (Lipinski definition) is 0. The summed E-state index contributed by atoms with van der Waals surface area (Å²) < 4.78 is 31.7. The quantitative estimate of drug-likeness (QED) is 0.801. The van der Waals surface area contributed by atoms with Crippen molar-refractivity contribution in [1.82, 2.24) is 24.4 Å². The molecule has 0 unspecified atom stereocenters. The molecule has 0 radical (unpaired) electrons. The SMILES string of the molecule is O=S(=O)(C1CC1)N1CCC[C@@H](Cc2nc(-c3cnccn3)no2)C1. The van der Waals surface area contributed by atoms with Crippen LogP contribution in [0.1, 0.15) is 31.6 Å². The zero-order valence-electron chi connectivity index (χ0n) is 13.2. The molecule has 1 aliphatic carbocycles. The molecule has 0 bridgehead atoms. The molecule has 0 spiro atoms. The van der Waals surface area contributed by atoms with E-state index < -0.39 is 10.0 Å². The van der Waals surface area contributed by atoms with E-state index in [4.69, 9.17) is 4.52 Å². The number of aromatic nitrogens is 4. The molecule has 0 N–H and O–H groups in total. The Labute approximate surface area is 140 Å². The molecule has 8 nitrogen and oxygen atoms in total. The lowest BCUT2D eigenvalue weighted by atomic mass is 9.96. The largest absolute Gasteiger partial charge is 0.339 e. The van der Waals surface area contributed by atoms with E-state index in [0.717, 1.165) is 25.7 Å². The van der Waals surface area contributed by atoms with Gasteiger partial charge < -0.3 is 4.52 Å². The van der Waals surface area contributed by atoms with Crippen molar-refractivity contribution >= 4 is 10.0 Å². The van der Waals surface area contributed by atoms with Gasteiger partial charge in [0.25, 0.3) is 0 Å². The van der Waals surface area contributed by atoms with Crippen LogP contribution in [-0.4, -0.2) is 51.2 Å². The highest BCUT2D eigenvalue weighted by atomic mass is 32.2. The zero-order chi connectivity index (χ0) is 16.6. The predicted molar refractivity (Wildman–Crippen MR) is 85.3 cm³/mol. The van der Waals surface area contributed by atoms with Gasteiger partial charge in [-0.3, -0.25) is 4.98 Å². The van der Waals surface area contributed by atoms with Gasteiger partial charge in [0.2, 0.25) is 21.7 Å². The lowest BCUT2D eigenvalue weighted by Gasteiger charge is -2.31. The summed E-state index contributed by atoms with van der Waals surface area (Å²) in [5.74, 6) is 1.14. The normalized spacial score (nSPS) is 22.6. The molecule has 1 aliphatic heterocycles. The van der Waals surface area contributed by atoms with Crippen LogP contribution in [0.15, 0.2) is 23.1 Å². The molecule has 3 heterocycles. The molecule has 2 aromatic heterocycles. The highest BCUT2D eigenvalue weighted by Gasteiger charge is 2.41. The molecule has 2 fully saturated rings. The first-order valence-corrected chi connectivity index (χ1v) is 9.71. The van der Waals surface area contributed by atoms with Gasteiger partial charge in [0.15, 0.2) is 0 Å². The minimum Gasteiger partial charge on any atom is -0.339 e. The van der Waals surface area contributed by atoms with Gasteiger partial charge in [0.1, 0.15) is 5.69 Å². The van der Waals surface area contributed by atoms with Crippen molar-refractivity contribution < 1.29 is 12.9 Å². The molecule has 1 saturated carbocycles. The maximum atomic E-state index is 12.4. The number of piperidine rings is 1. The van der Waals surface area contributed by atoms with Crippen molar-refractivity contribution in [3.8, 4) is 11.5 Å². The highest BCUT2D eigenvalue weighted by molar-refractivity contribution is 7.90. The van der Waals surface area contributed by atoms with E-state index in [1.54, 1.807) is 22.9 Å². The lowest BCUT2D eigenvalue weighted by Crippen LogP contribution is -2.42. The van der Waals surface area contributed by atoms with Gasteiger partial charge in [-0.15, -0.1) is 0 Å². The summed E-state index contributed by atoms with van der Waals surface area (Å²) >= 11 is 0. The van der Waals surface area contributed by atoms with Crippen LogP contribution in [0.5, 0.6) is 0 Å². The fourth-order valence-electron chi connectivity index (χ4n) is 3.10. The molecule has 24 heavy (non-hydrogen) atoms. The molecule has 0 amide bonds. The number of rotatable bonds is 5. The van der Waals surface area contributed by atoms with Crippen LogP contribution in [0.3, 0.4) is 0 Å². The van der Waals surface area contributed by atoms with Gasteiger partial charge in [0.05, 0.1) is 11.4 Å². The second-order valence-electron chi connectivity index (χ2n) is 6.42. The second-order valence-corrected chi connectivity index (χ2v) is 8.63. The van der Waals surface area contributed by atoms with Crippen molar-refractivity contribution in [3.05, 3.63) is 24.5 Å². The molecular weight excluding hydrogens is 330 g/mol. The Morgan fingerprint density at radius 3 is 2.88 bits per heavy atom. The van der Waals surface area contributed by atoms with Crippen molar-refractivity contribution in [2.45, 2.75) is 37.4 Å². The standard InChI is InChI=1S/C15H19N5O3S/c21-24(22,12-3-4-12)20-7-1-2-11(10-20)8-14-18-15(19-23-14)13-9-16-5-6-17-13/h5-6,9,11-12H,1-4,7-8,10H2/t11-/m0/s1. The van der Waals surface area contributed by atoms with Gasteiger partial charge in [-0.1, -0.05) is 5.16 Å². The van der Waals surface area contributed by atoms with Crippen LogP contribution in [0.25, 0.3) is 11.5 Å². The van der Waals surface area contributed by atoms with Gasteiger partial charge in [-0.05, 0) is 31.6 Å². The number of sulfonamides is 1. The average Bonchev–Trinajstić information content (AvgIpc) is 3.37.